The Morgan fingerprint density at radius 3 is 2.60 bits per heavy atom. The van der Waals surface area contributed by atoms with E-state index in [1.807, 2.05) is 37.4 Å². The van der Waals surface area contributed by atoms with Gasteiger partial charge in [-0.05, 0) is 31.1 Å². The normalized spacial score (nSPS) is 15.8. The third-order valence-electron chi connectivity index (χ3n) is 2.85. The SMILES string of the molecule is CN(C(=O)CC1CNC1)c1ccccc1. The van der Waals surface area contributed by atoms with Crippen molar-refractivity contribution >= 4 is 11.6 Å². The Morgan fingerprint density at radius 2 is 2.07 bits per heavy atom. The fourth-order valence-corrected chi connectivity index (χ4v) is 1.67. The van der Waals surface area contributed by atoms with Gasteiger partial charge in [0.05, 0.1) is 0 Å². The van der Waals surface area contributed by atoms with Gasteiger partial charge in [-0.3, -0.25) is 4.79 Å². The maximum Gasteiger partial charge on any atom is 0.227 e. The van der Waals surface area contributed by atoms with Gasteiger partial charge in [0, 0.05) is 19.2 Å². The lowest BCUT2D eigenvalue weighted by Crippen LogP contribution is -2.44. The molecule has 1 heterocycles. The number of nitrogens with zero attached hydrogens (tertiary/aromatic N) is 1. The van der Waals surface area contributed by atoms with Crippen LogP contribution in [0.2, 0.25) is 0 Å². The van der Waals surface area contributed by atoms with E-state index in [1.54, 1.807) is 4.90 Å². The van der Waals surface area contributed by atoms with E-state index >= 15 is 0 Å². The van der Waals surface area contributed by atoms with Gasteiger partial charge in [-0.1, -0.05) is 18.2 Å². The molecule has 15 heavy (non-hydrogen) atoms. The second-order valence-electron chi connectivity index (χ2n) is 4.02. The number of para-hydroxylation sites is 1. The van der Waals surface area contributed by atoms with E-state index in [-0.39, 0.29) is 5.91 Å². The first kappa shape index (κ1) is 10.2. The summed E-state index contributed by atoms with van der Waals surface area (Å²) >= 11 is 0. The predicted octanol–water partition coefficient (Wildman–Crippen LogP) is 1.26. The molecule has 0 bridgehead atoms. The van der Waals surface area contributed by atoms with E-state index in [2.05, 4.69) is 5.32 Å². The molecule has 3 nitrogen and oxygen atoms in total. The van der Waals surface area contributed by atoms with Crippen molar-refractivity contribution in [2.45, 2.75) is 6.42 Å². The Hall–Kier alpha value is -1.35. The van der Waals surface area contributed by atoms with Crippen molar-refractivity contribution in [1.82, 2.24) is 5.32 Å². The molecular formula is C12H16N2O. The number of amides is 1. The summed E-state index contributed by atoms with van der Waals surface area (Å²) in [5.74, 6) is 0.733. The molecule has 0 aromatic heterocycles. The molecule has 0 aliphatic carbocycles. The minimum Gasteiger partial charge on any atom is -0.316 e. The fraction of sp³-hybridized carbons (Fsp3) is 0.417. The van der Waals surface area contributed by atoms with E-state index in [9.17, 15) is 4.79 Å². The Kier molecular flexibility index (Phi) is 3.02. The summed E-state index contributed by atoms with van der Waals surface area (Å²) in [6.45, 7) is 1.96. The maximum absolute atomic E-state index is 11.8. The molecule has 0 atom stereocenters. The largest absolute Gasteiger partial charge is 0.316 e. The van der Waals surface area contributed by atoms with Crippen molar-refractivity contribution < 1.29 is 4.79 Å². The summed E-state index contributed by atoms with van der Waals surface area (Å²) in [5, 5.41) is 3.17. The van der Waals surface area contributed by atoms with E-state index in [0.29, 0.717) is 12.3 Å². The van der Waals surface area contributed by atoms with Gasteiger partial charge < -0.3 is 10.2 Å². The minimum absolute atomic E-state index is 0.202. The molecule has 80 valence electrons. The molecule has 1 fully saturated rings. The molecule has 0 saturated carbocycles. The molecule has 1 aliphatic heterocycles. The number of hydrogen-bond acceptors (Lipinski definition) is 2. The van der Waals surface area contributed by atoms with Crippen molar-refractivity contribution in [2.75, 3.05) is 25.0 Å². The van der Waals surface area contributed by atoms with Crippen LogP contribution >= 0.6 is 0 Å². The molecule has 0 unspecified atom stereocenters. The number of anilines is 1. The first-order valence-electron chi connectivity index (χ1n) is 5.29. The van der Waals surface area contributed by atoms with Gasteiger partial charge in [0.2, 0.25) is 5.91 Å². The van der Waals surface area contributed by atoms with Crippen molar-refractivity contribution in [1.29, 1.82) is 0 Å². The minimum atomic E-state index is 0.202. The lowest BCUT2D eigenvalue weighted by Gasteiger charge is -2.28. The van der Waals surface area contributed by atoms with Crippen LogP contribution < -0.4 is 10.2 Å². The first-order valence-corrected chi connectivity index (χ1v) is 5.29. The predicted molar refractivity (Wildman–Crippen MR) is 60.8 cm³/mol. The molecule has 1 aromatic carbocycles. The fourth-order valence-electron chi connectivity index (χ4n) is 1.67. The average molecular weight is 204 g/mol. The molecule has 2 rings (SSSR count). The highest BCUT2D eigenvalue weighted by Crippen LogP contribution is 2.15. The number of rotatable bonds is 3. The third-order valence-corrected chi connectivity index (χ3v) is 2.85. The van der Waals surface area contributed by atoms with E-state index in [4.69, 9.17) is 0 Å². The first-order chi connectivity index (χ1) is 7.27. The Labute approximate surface area is 90.1 Å². The number of hydrogen-bond donors (Lipinski definition) is 1. The second-order valence-corrected chi connectivity index (χ2v) is 4.02. The van der Waals surface area contributed by atoms with Crippen molar-refractivity contribution in [3.8, 4) is 0 Å². The Balaban J connectivity index is 1.94. The summed E-state index contributed by atoms with van der Waals surface area (Å²) in [6, 6.07) is 9.76. The Bertz CT molecular complexity index is 333. The van der Waals surface area contributed by atoms with Crippen LogP contribution in [0, 0.1) is 5.92 Å². The number of carbonyl (C=O) groups is 1. The van der Waals surface area contributed by atoms with Gasteiger partial charge in [0.25, 0.3) is 0 Å². The maximum atomic E-state index is 11.8. The van der Waals surface area contributed by atoms with Gasteiger partial charge in [0.1, 0.15) is 0 Å². The highest BCUT2D eigenvalue weighted by molar-refractivity contribution is 5.92. The monoisotopic (exact) mass is 204 g/mol. The second kappa shape index (κ2) is 4.45. The van der Waals surface area contributed by atoms with E-state index in [0.717, 1.165) is 18.8 Å². The quantitative estimate of drug-likeness (QED) is 0.804. The van der Waals surface area contributed by atoms with Crippen LogP contribution in [-0.2, 0) is 4.79 Å². The van der Waals surface area contributed by atoms with Gasteiger partial charge in [-0.2, -0.15) is 0 Å². The van der Waals surface area contributed by atoms with Gasteiger partial charge in [0.15, 0.2) is 0 Å². The lowest BCUT2D eigenvalue weighted by molar-refractivity contribution is -0.119. The van der Waals surface area contributed by atoms with Gasteiger partial charge >= 0.3 is 0 Å². The highest BCUT2D eigenvalue weighted by atomic mass is 16.2. The molecule has 1 amide bonds. The molecule has 0 radical (unpaired) electrons. The summed E-state index contributed by atoms with van der Waals surface area (Å²) in [5.41, 5.74) is 0.967. The zero-order valence-electron chi connectivity index (χ0n) is 8.94. The summed E-state index contributed by atoms with van der Waals surface area (Å²) in [7, 11) is 1.84. The zero-order valence-corrected chi connectivity index (χ0v) is 8.94. The topological polar surface area (TPSA) is 32.3 Å². The van der Waals surface area contributed by atoms with Crippen LogP contribution in [0.25, 0.3) is 0 Å². The number of benzene rings is 1. The zero-order chi connectivity index (χ0) is 10.7. The molecule has 1 saturated heterocycles. The lowest BCUT2D eigenvalue weighted by atomic mass is 9.99. The van der Waals surface area contributed by atoms with Crippen molar-refractivity contribution in [2.24, 2.45) is 5.92 Å². The molecule has 1 aromatic rings. The van der Waals surface area contributed by atoms with Crippen LogP contribution in [0.15, 0.2) is 30.3 Å². The molecule has 3 heteroatoms. The standard InChI is InChI=1S/C12H16N2O/c1-14(11-5-3-2-4-6-11)12(15)7-10-8-13-9-10/h2-6,10,13H,7-9H2,1H3. The van der Waals surface area contributed by atoms with Crippen LogP contribution in [0.4, 0.5) is 5.69 Å². The van der Waals surface area contributed by atoms with Crippen LogP contribution in [0.5, 0.6) is 0 Å². The van der Waals surface area contributed by atoms with E-state index in [1.165, 1.54) is 0 Å². The molecule has 1 aliphatic rings. The van der Waals surface area contributed by atoms with Crippen LogP contribution in [0.3, 0.4) is 0 Å². The van der Waals surface area contributed by atoms with Crippen LogP contribution in [0.1, 0.15) is 6.42 Å². The highest BCUT2D eigenvalue weighted by Gasteiger charge is 2.22. The van der Waals surface area contributed by atoms with E-state index < -0.39 is 0 Å². The Morgan fingerprint density at radius 1 is 1.40 bits per heavy atom. The third kappa shape index (κ3) is 2.36. The van der Waals surface area contributed by atoms with Crippen LogP contribution in [-0.4, -0.2) is 26.0 Å². The number of nitrogens with one attached hydrogen (secondary N) is 1. The molecular weight excluding hydrogens is 188 g/mol. The number of carbonyl (C=O) groups excluding carboxylic acids is 1. The summed E-state index contributed by atoms with van der Waals surface area (Å²) < 4.78 is 0. The van der Waals surface area contributed by atoms with Gasteiger partial charge in [-0.25, -0.2) is 0 Å². The van der Waals surface area contributed by atoms with Gasteiger partial charge in [-0.15, -0.1) is 0 Å². The summed E-state index contributed by atoms with van der Waals surface area (Å²) in [4.78, 5) is 13.6. The molecule has 0 spiro atoms. The van der Waals surface area contributed by atoms with Crippen molar-refractivity contribution in [3.63, 3.8) is 0 Å². The summed E-state index contributed by atoms with van der Waals surface area (Å²) in [6.07, 6.45) is 0.651. The average Bonchev–Trinajstić information content (AvgIpc) is 2.23. The van der Waals surface area contributed by atoms with Crippen molar-refractivity contribution in [3.05, 3.63) is 30.3 Å². The molecule has 1 N–H and O–H groups in total. The smallest absolute Gasteiger partial charge is 0.227 e.